The summed E-state index contributed by atoms with van der Waals surface area (Å²) in [6, 6.07) is 19.7. The molecule has 0 aliphatic rings. The van der Waals surface area contributed by atoms with E-state index in [0.717, 1.165) is 26.4 Å². The highest BCUT2D eigenvalue weighted by molar-refractivity contribution is 9.10. The average molecular weight is 341 g/mol. The summed E-state index contributed by atoms with van der Waals surface area (Å²) in [5, 5.41) is 1.90. The lowest BCUT2D eigenvalue weighted by Crippen LogP contribution is -2.30. The molecule has 21 heavy (non-hydrogen) atoms. The molecule has 0 aromatic heterocycles. The fourth-order valence-corrected chi connectivity index (χ4v) is 2.65. The maximum absolute atomic E-state index is 12.0. The van der Waals surface area contributed by atoms with Gasteiger partial charge in [-0.15, -0.1) is 0 Å². The zero-order chi connectivity index (χ0) is 14.8. The van der Waals surface area contributed by atoms with Gasteiger partial charge in [0.25, 0.3) is 5.91 Å². The van der Waals surface area contributed by atoms with E-state index in [-0.39, 0.29) is 5.91 Å². The standard InChI is InChI=1S/C17H13BrN2O/c18-14-7-5-11(6-8-14)13-9-12-3-1-2-4-15(12)16(10-13)17(21)20-19/h1-10H,19H2,(H,20,21). The van der Waals surface area contributed by atoms with E-state index in [0.29, 0.717) is 5.56 Å². The van der Waals surface area contributed by atoms with E-state index in [1.54, 1.807) is 0 Å². The molecule has 3 rings (SSSR count). The van der Waals surface area contributed by atoms with Crippen LogP contribution in [0.3, 0.4) is 0 Å². The van der Waals surface area contributed by atoms with Gasteiger partial charge in [-0.25, -0.2) is 5.84 Å². The average Bonchev–Trinajstić information content (AvgIpc) is 2.53. The minimum atomic E-state index is -0.287. The molecule has 3 aromatic rings. The largest absolute Gasteiger partial charge is 0.290 e. The smallest absolute Gasteiger partial charge is 0.265 e. The number of nitrogens with two attached hydrogens (primary N) is 1. The van der Waals surface area contributed by atoms with Crippen LogP contribution in [0.15, 0.2) is 65.1 Å². The predicted octanol–water partition coefficient (Wildman–Crippen LogP) is 3.87. The normalized spacial score (nSPS) is 10.6. The van der Waals surface area contributed by atoms with Crippen LogP contribution in [0.25, 0.3) is 21.9 Å². The lowest BCUT2D eigenvalue weighted by molar-refractivity contribution is 0.0955. The number of rotatable bonds is 2. The number of hydrogen-bond donors (Lipinski definition) is 2. The second kappa shape index (κ2) is 5.68. The van der Waals surface area contributed by atoms with Crippen molar-refractivity contribution in [2.45, 2.75) is 0 Å². The maximum atomic E-state index is 12.0. The van der Waals surface area contributed by atoms with E-state index >= 15 is 0 Å². The van der Waals surface area contributed by atoms with E-state index in [9.17, 15) is 4.79 Å². The molecule has 0 saturated heterocycles. The Balaban J connectivity index is 2.25. The molecule has 0 aliphatic heterocycles. The number of halogens is 1. The van der Waals surface area contributed by atoms with Gasteiger partial charge in [0.15, 0.2) is 0 Å². The Morgan fingerprint density at radius 1 is 0.952 bits per heavy atom. The molecule has 3 nitrogen and oxygen atoms in total. The molecule has 0 spiro atoms. The summed E-state index contributed by atoms with van der Waals surface area (Å²) in [7, 11) is 0. The Hall–Kier alpha value is -2.17. The zero-order valence-electron chi connectivity index (χ0n) is 11.1. The molecule has 3 N–H and O–H groups in total. The van der Waals surface area contributed by atoms with Crippen molar-refractivity contribution in [1.29, 1.82) is 0 Å². The molecule has 104 valence electrons. The molecular weight excluding hydrogens is 328 g/mol. The first-order valence-corrected chi connectivity index (χ1v) is 7.28. The topological polar surface area (TPSA) is 55.1 Å². The molecule has 0 heterocycles. The highest BCUT2D eigenvalue weighted by atomic mass is 79.9. The van der Waals surface area contributed by atoms with Gasteiger partial charge in [0.2, 0.25) is 0 Å². The fourth-order valence-electron chi connectivity index (χ4n) is 2.39. The van der Waals surface area contributed by atoms with Crippen LogP contribution >= 0.6 is 15.9 Å². The van der Waals surface area contributed by atoms with Crippen molar-refractivity contribution in [3.05, 3.63) is 70.7 Å². The van der Waals surface area contributed by atoms with Crippen LogP contribution < -0.4 is 11.3 Å². The molecular formula is C17H13BrN2O. The van der Waals surface area contributed by atoms with Crippen molar-refractivity contribution in [2.75, 3.05) is 0 Å². The summed E-state index contributed by atoms with van der Waals surface area (Å²) in [4.78, 5) is 12.0. The SMILES string of the molecule is NNC(=O)c1cc(-c2ccc(Br)cc2)cc2ccccc12. The molecule has 0 aliphatic carbocycles. The number of hydrazine groups is 1. The number of amides is 1. The van der Waals surface area contributed by atoms with Crippen LogP contribution in [0.2, 0.25) is 0 Å². The molecule has 0 fully saturated rings. The first-order chi connectivity index (χ1) is 10.2. The van der Waals surface area contributed by atoms with Crippen molar-refractivity contribution in [2.24, 2.45) is 5.84 Å². The number of hydrogen-bond acceptors (Lipinski definition) is 2. The van der Waals surface area contributed by atoms with Gasteiger partial charge in [-0.2, -0.15) is 0 Å². The third kappa shape index (κ3) is 2.68. The van der Waals surface area contributed by atoms with Gasteiger partial charge in [0.1, 0.15) is 0 Å². The summed E-state index contributed by atoms with van der Waals surface area (Å²) in [6.07, 6.45) is 0. The quantitative estimate of drug-likeness (QED) is 0.422. The summed E-state index contributed by atoms with van der Waals surface area (Å²) < 4.78 is 1.02. The Kier molecular flexibility index (Phi) is 3.73. The zero-order valence-corrected chi connectivity index (χ0v) is 12.7. The molecule has 0 radical (unpaired) electrons. The van der Waals surface area contributed by atoms with Crippen molar-refractivity contribution in [1.82, 2.24) is 5.43 Å². The minimum Gasteiger partial charge on any atom is -0.290 e. The number of carbonyl (C=O) groups excluding carboxylic acids is 1. The molecule has 0 saturated carbocycles. The number of carbonyl (C=O) groups is 1. The van der Waals surface area contributed by atoms with Crippen LogP contribution in [-0.2, 0) is 0 Å². The van der Waals surface area contributed by atoms with Gasteiger partial charge in [-0.3, -0.25) is 10.2 Å². The summed E-state index contributed by atoms with van der Waals surface area (Å²) >= 11 is 3.43. The number of nitrogens with one attached hydrogen (secondary N) is 1. The second-order valence-electron chi connectivity index (χ2n) is 4.73. The van der Waals surface area contributed by atoms with Crippen LogP contribution in [0.4, 0.5) is 0 Å². The first kappa shape index (κ1) is 13.8. The number of benzene rings is 3. The lowest BCUT2D eigenvalue weighted by atomic mass is 9.96. The van der Waals surface area contributed by atoms with Crippen LogP contribution in [0.1, 0.15) is 10.4 Å². The highest BCUT2D eigenvalue weighted by Gasteiger charge is 2.11. The number of nitrogen functional groups attached to an aromatic ring is 1. The Bertz CT molecular complexity index is 813. The summed E-state index contributed by atoms with van der Waals surface area (Å²) in [5.74, 6) is 5.01. The molecule has 3 aromatic carbocycles. The van der Waals surface area contributed by atoms with Crippen molar-refractivity contribution < 1.29 is 4.79 Å². The van der Waals surface area contributed by atoms with Gasteiger partial charge in [0, 0.05) is 10.0 Å². The van der Waals surface area contributed by atoms with Crippen molar-refractivity contribution in [3.8, 4) is 11.1 Å². The summed E-state index contributed by atoms with van der Waals surface area (Å²) in [5.41, 5.74) is 4.83. The third-order valence-corrected chi connectivity index (χ3v) is 3.94. The minimum absolute atomic E-state index is 0.287. The van der Waals surface area contributed by atoms with Crippen LogP contribution in [-0.4, -0.2) is 5.91 Å². The lowest BCUT2D eigenvalue weighted by Gasteiger charge is -2.10. The first-order valence-electron chi connectivity index (χ1n) is 6.49. The molecule has 0 unspecified atom stereocenters. The van der Waals surface area contributed by atoms with Gasteiger partial charge in [-0.1, -0.05) is 52.3 Å². The number of fused-ring (bicyclic) bond motifs is 1. The second-order valence-corrected chi connectivity index (χ2v) is 5.64. The van der Waals surface area contributed by atoms with Crippen molar-refractivity contribution >= 4 is 32.6 Å². The van der Waals surface area contributed by atoms with E-state index in [2.05, 4.69) is 27.4 Å². The van der Waals surface area contributed by atoms with E-state index in [4.69, 9.17) is 5.84 Å². The van der Waals surface area contributed by atoms with Crippen LogP contribution in [0, 0.1) is 0 Å². The highest BCUT2D eigenvalue weighted by Crippen LogP contribution is 2.28. The maximum Gasteiger partial charge on any atom is 0.265 e. The molecule has 0 atom stereocenters. The Morgan fingerprint density at radius 3 is 2.38 bits per heavy atom. The van der Waals surface area contributed by atoms with Crippen molar-refractivity contribution in [3.63, 3.8) is 0 Å². The monoisotopic (exact) mass is 340 g/mol. The third-order valence-electron chi connectivity index (χ3n) is 3.42. The molecule has 0 bridgehead atoms. The van der Waals surface area contributed by atoms with Crippen LogP contribution in [0.5, 0.6) is 0 Å². The Morgan fingerprint density at radius 2 is 1.67 bits per heavy atom. The molecule has 1 amide bonds. The fraction of sp³-hybridized carbons (Fsp3) is 0. The van der Waals surface area contributed by atoms with Gasteiger partial charge >= 0.3 is 0 Å². The van der Waals surface area contributed by atoms with E-state index < -0.39 is 0 Å². The van der Waals surface area contributed by atoms with Gasteiger partial charge in [-0.05, 0) is 46.2 Å². The summed E-state index contributed by atoms with van der Waals surface area (Å²) in [6.45, 7) is 0. The van der Waals surface area contributed by atoms with Gasteiger partial charge < -0.3 is 0 Å². The van der Waals surface area contributed by atoms with Gasteiger partial charge in [0.05, 0.1) is 0 Å². The predicted molar refractivity (Wildman–Crippen MR) is 88.7 cm³/mol. The Labute approximate surface area is 130 Å². The van der Waals surface area contributed by atoms with E-state index in [1.165, 1.54) is 0 Å². The van der Waals surface area contributed by atoms with E-state index in [1.807, 2.05) is 54.6 Å². The molecule has 4 heteroatoms.